The maximum Gasteiger partial charge on any atom is 0.160 e. The molecule has 0 radical (unpaired) electrons. The van der Waals surface area contributed by atoms with Crippen molar-refractivity contribution in [2.45, 2.75) is 26.4 Å². The van der Waals surface area contributed by atoms with Gasteiger partial charge in [0.2, 0.25) is 0 Å². The van der Waals surface area contributed by atoms with E-state index in [1.807, 2.05) is 17.8 Å². The summed E-state index contributed by atoms with van der Waals surface area (Å²) in [7, 11) is 0. The van der Waals surface area contributed by atoms with Gasteiger partial charge in [-0.25, -0.2) is 15.8 Å². The zero-order chi connectivity index (χ0) is 13.0. The van der Waals surface area contributed by atoms with Crippen LogP contribution >= 0.6 is 11.8 Å². The molecule has 0 aliphatic carbocycles. The fourth-order valence-electron chi connectivity index (χ4n) is 1.90. The molecule has 1 aliphatic heterocycles. The van der Waals surface area contributed by atoms with Crippen molar-refractivity contribution in [2.24, 2.45) is 11.8 Å². The summed E-state index contributed by atoms with van der Waals surface area (Å²) >= 11 is 1.87. The van der Waals surface area contributed by atoms with Crippen LogP contribution in [0, 0.1) is 5.92 Å². The second-order valence-electron chi connectivity index (χ2n) is 4.78. The average molecular weight is 268 g/mol. The number of nitrogens with one attached hydrogen (secondary N) is 1. The molecule has 1 atom stereocenters. The van der Waals surface area contributed by atoms with Gasteiger partial charge < -0.3 is 10.2 Å². The Balaban J connectivity index is 2.22. The van der Waals surface area contributed by atoms with Crippen molar-refractivity contribution in [1.29, 1.82) is 0 Å². The van der Waals surface area contributed by atoms with Gasteiger partial charge in [0.1, 0.15) is 11.9 Å². The predicted octanol–water partition coefficient (Wildman–Crippen LogP) is 1.77. The van der Waals surface area contributed by atoms with E-state index in [4.69, 9.17) is 10.6 Å². The predicted molar refractivity (Wildman–Crippen MR) is 74.4 cm³/mol. The number of aromatic nitrogens is 2. The number of nitrogens with two attached hydrogens (primary N) is 1. The zero-order valence-corrected chi connectivity index (χ0v) is 11.7. The molecule has 2 heterocycles. The third-order valence-corrected chi connectivity index (χ3v) is 3.66. The monoisotopic (exact) mass is 268 g/mol. The van der Waals surface area contributed by atoms with E-state index >= 15 is 0 Å². The van der Waals surface area contributed by atoms with Crippen LogP contribution in [0.15, 0.2) is 6.07 Å². The van der Waals surface area contributed by atoms with E-state index in [-0.39, 0.29) is 6.10 Å². The van der Waals surface area contributed by atoms with Crippen LogP contribution in [0.3, 0.4) is 0 Å². The third-order valence-electron chi connectivity index (χ3n) is 2.67. The van der Waals surface area contributed by atoms with Crippen molar-refractivity contribution >= 4 is 17.6 Å². The SMILES string of the molecule is CC(C)Cc1cc(NN)nc(C2CSCCO2)n1. The van der Waals surface area contributed by atoms with Crippen LogP contribution in [0.25, 0.3) is 0 Å². The van der Waals surface area contributed by atoms with E-state index < -0.39 is 0 Å². The van der Waals surface area contributed by atoms with Gasteiger partial charge in [0, 0.05) is 23.3 Å². The topological polar surface area (TPSA) is 73.1 Å². The molecule has 2 rings (SSSR count). The molecule has 1 saturated heterocycles. The molecule has 0 aromatic carbocycles. The van der Waals surface area contributed by atoms with Crippen LogP contribution in [0.2, 0.25) is 0 Å². The number of thioether (sulfide) groups is 1. The van der Waals surface area contributed by atoms with Crippen LogP contribution < -0.4 is 11.3 Å². The van der Waals surface area contributed by atoms with Crippen molar-refractivity contribution in [3.8, 4) is 0 Å². The molecule has 1 unspecified atom stereocenters. The number of hydrogen-bond donors (Lipinski definition) is 2. The highest BCUT2D eigenvalue weighted by Crippen LogP contribution is 2.25. The molecule has 18 heavy (non-hydrogen) atoms. The van der Waals surface area contributed by atoms with Crippen LogP contribution in [0.4, 0.5) is 5.82 Å². The Bertz CT molecular complexity index is 394. The molecule has 1 aliphatic rings. The second-order valence-corrected chi connectivity index (χ2v) is 5.93. The Morgan fingerprint density at radius 3 is 3.00 bits per heavy atom. The van der Waals surface area contributed by atoms with Crippen LogP contribution in [0.1, 0.15) is 31.5 Å². The van der Waals surface area contributed by atoms with Gasteiger partial charge in [0.15, 0.2) is 5.82 Å². The highest BCUT2D eigenvalue weighted by molar-refractivity contribution is 7.99. The highest BCUT2D eigenvalue weighted by atomic mass is 32.2. The molecule has 1 aromatic heterocycles. The molecule has 1 aromatic rings. The van der Waals surface area contributed by atoms with Gasteiger partial charge in [0.05, 0.1) is 6.61 Å². The Hall–Kier alpha value is -0.850. The fourth-order valence-corrected chi connectivity index (χ4v) is 2.74. The number of rotatable bonds is 4. The lowest BCUT2D eigenvalue weighted by atomic mass is 10.1. The fraction of sp³-hybridized carbons (Fsp3) is 0.667. The Kier molecular flexibility index (Phi) is 4.79. The van der Waals surface area contributed by atoms with E-state index in [1.54, 1.807) is 0 Å². The van der Waals surface area contributed by atoms with Gasteiger partial charge in [-0.15, -0.1) is 0 Å². The molecule has 100 valence electrons. The van der Waals surface area contributed by atoms with Gasteiger partial charge in [-0.2, -0.15) is 11.8 Å². The molecular weight excluding hydrogens is 248 g/mol. The zero-order valence-electron chi connectivity index (χ0n) is 10.8. The smallest absolute Gasteiger partial charge is 0.160 e. The van der Waals surface area contributed by atoms with Crippen molar-refractivity contribution in [3.05, 3.63) is 17.6 Å². The summed E-state index contributed by atoms with van der Waals surface area (Å²) in [6.07, 6.45) is 0.910. The molecule has 0 spiro atoms. The van der Waals surface area contributed by atoms with Gasteiger partial charge in [0.25, 0.3) is 0 Å². The van der Waals surface area contributed by atoms with E-state index in [1.165, 1.54) is 0 Å². The van der Waals surface area contributed by atoms with Gasteiger partial charge >= 0.3 is 0 Å². The summed E-state index contributed by atoms with van der Waals surface area (Å²) < 4.78 is 5.71. The molecule has 0 bridgehead atoms. The van der Waals surface area contributed by atoms with Crippen molar-refractivity contribution in [1.82, 2.24) is 9.97 Å². The molecule has 6 heteroatoms. The summed E-state index contributed by atoms with van der Waals surface area (Å²) in [5.74, 6) is 9.38. The van der Waals surface area contributed by atoms with Gasteiger partial charge in [-0.05, 0) is 12.3 Å². The first-order valence-corrected chi connectivity index (χ1v) is 7.38. The lowest BCUT2D eigenvalue weighted by Crippen LogP contribution is -2.20. The lowest BCUT2D eigenvalue weighted by Gasteiger charge is -2.22. The molecule has 0 amide bonds. The standard InChI is InChI=1S/C12H20N4OS/c1-8(2)5-9-6-11(16-13)15-12(14-9)10-7-18-4-3-17-10/h6,8,10H,3-5,7,13H2,1-2H3,(H,14,15,16). The third kappa shape index (κ3) is 3.57. The summed E-state index contributed by atoms with van der Waals surface area (Å²) in [5, 5.41) is 0. The molecule has 3 N–H and O–H groups in total. The van der Waals surface area contributed by atoms with Crippen molar-refractivity contribution in [2.75, 3.05) is 23.5 Å². The Morgan fingerprint density at radius 2 is 2.39 bits per heavy atom. The van der Waals surface area contributed by atoms with Crippen molar-refractivity contribution in [3.63, 3.8) is 0 Å². The maximum absolute atomic E-state index is 5.71. The number of hydrogen-bond acceptors (Lipinski definition) is 6. The van der Waals surface area contributed by atoms with E-state index in [0.29, 0.717) is 11.7 Å². The van der Waals surface area contributed by atoms with Crippen LogP contribution in [0.5, 0.6) is 0 Å². The van der Waals surface area contributed by atoms with E-state index in [9.17, 15) is 0 Å². The number of nitrogens with zero attached hydrogens (tertiary/aromatic N) is 2. The van der Waals surface area contributed by atoms with Crippen LogP contribution in [-0.2, 0) is 11.2 Å². The minimum atomic E-state index is -0.0111. The number of hydrazine groups is 1. The van der Waals surface area contributed by atoms with Gasteiger partial charge in [-0.3, -0.25) is 0 Å². The second kappa shape index (κ2) is 6.36. The minimum Gasteiger partial charge on any atom is -0.368 e. The molecule has 5 nitrogen and oxygen atoms in total. The Labute approximate surface area is 112 Å². The largest absolute Gasteiger partial charge is 0.368 e. The minimum absolute atomic E-state index is 0.0111. The quantitative estimate of drug-likeness (QED) is 0.640. The number of nitrogen functional groups attached to an aromatic ring is 1. The number of ether oxygens (including phenoxy) is 1. The maximum atomic E-state index is 5.71. The summed E-state index contributed by atoms with van der Waals surface area (Å²) in [5.41, 5.74) is 3.62. The average Bonchev–Trinajstić information content (AvgIpc) is 2.38. The summed E-state index contributed by atoms with van der Waals surface area (Å²) in [6, 6.07) is 1.90. The first-order chi connectivity index (χ1) is 8.69. The highest BCUT2D eigenvalue weighted by Gasteiger charge is 2.20. The normalized spacial score (nSPS) is 20.1. The van der Waals surface area contributed by atoms with Gasteiger partial charge in [-0.1, -0.05) is 13.8 Å². The van der Waals surface area contributed by atoms with E-state index in [2.05, 4.69) is 29.2 Å². The molecule has 0 saturated carbocycles. The lowest BCUT2D eigenvalue weighted by molar-refractivity contribution is 0.0693. The summed E-state index contributed by atoms with van der Waals surface area (Å²) in [4.78, 5) is 9.00. The Morgan fingerprint density at radius 1 is 1.56 bits per heavy atom. The summed E-state index contributed by atoms with van der Waals surface area (Å²) in [6.45, 7) is 5.10. The van der Waals surface area contributed by atoms with E-state index in [0.717, 1.165) is 36.1 Å². The van der Waals surface area contributed by atoms with Crippen molar-refractivity contribution < 1.29 is 4.74 Å². The van der Waals surface area contributed by atoms with Crippen LogP contribution in [-0.4, -0.2) is 28.1 Å². The molecule has 1 fully saturated rings. The first kappa shape index (κ1) is 13.6. The molecular formula is C12H20N4OS. The number of anilines is 1. The first-order valence-electron chi connectivity index (χ1n) is 6.23.